The number of aliphatic imine (C=N–C) groups is 1. The van der Waals surface area contributed by atoms with Gasteiger partial charge in [0.15, 0.2) is 5.96 Å². The number of hydrogen-bond acceptors (Lipinski definition) is 2. The molecule has 0 amide bonds. The van der Waals surface area contributed by atoms with E-state index in [1.54, 1.807) is 7.05 Å². The monoisotopic (exact) mass is 509 g/mol. The van der Waals surface area contributed by atoms with Crippen molar-refractivity contribution in [2.45, 2.75) is 39.3 Å². The first-order chi connectivity index (χ1) is 12.0. The molecule has 2 N–H and O–H groups in total. The molecule has 1 aromatic carbocycles. The van der Waals surface area contributed by atoms with Gasteiger partial charge in [0.2, 0.25) is 0 Å². The second-order valence-corrected chi connectivity index (χ2v) is 6.73. The van der Waals surface area contributed by atoms with Crippen molar-refractivity contribution < 1.29 is 0 Å². The highest BCUT2D eigenvalue weighted by Gasteiger charge is 2.09. The summed E-state index contributed by atoms with van der Waals surface area (Å²) >= 11 is 12.1. The van der Waals surface area contributed by atoms with Gasteiger partial charge in [-0.25, -0.2) is 4.98 Å². The minimum Gasteiger partial charge on any atom is -0.356 e. The Morgan fingerprint density at radius 2 is 2.04 bits per heavy atom. The minimum absolute atomic E-state index is 0. The molecule has 8 heteroatoms. The average molecular weight is 510 g/mol. The molecular weight excluding hydrogens is 484 g/mol. The molecule has 144 valence electrons. The summed E-state index contributed by atoms with van der Waals surface area (Å²) in [5, 5.41) is 7.83. The first-order valence-corrected chi connectivity index (χ1v) is 9.16. The van der Waals surface area contributed by atoms with E-state index >= 15 is 0 Å². The lowest BCUT2D eigenvalue weighted by molar-refractivity contribution is 0.585. The maximum atomic E-state index is 6.09. The predicted molar refractivity (Wildman–Crippen MR) is 121 cm³/mol. The molecule has 1 aromatic heterocycles. The molecule has 0 saturated heterocycles. The van der Waals surface area contributed by atoms with Crippen LogP contribution in [-0.4, -0.2) is 29.1 Å². The molecule has 0 fully saturated rings. The molecule has 2 aromatic rings. The van der Waals surface area contributed by atoms with Gasteiger partial charge in [-0.05, 0) is 44.4 Å². The number of nitrogens with zero attached hydrogens (tertiary/aromatic N) is 3. The first kappa shape index (κ1) is 23.0. The SMILES string of the molecule is CN=C(NCCCCn1ccnc1C)NC(C)c1ccc(Cl)c(Cl)c1.I. The highest BCUT2D eigenvalue weighted by atomic mass is 127. The zero-order valence-electron chi connectivity index (χ0n) is 15.3. The van der Waals surface area contributed by atoms with Gasteiger partial charge in [0.05, 0.1) is 16.1 Å². The second kappa shape index (κ2) is 11.7. The molecule has 5 nitrogen and oxygen atoms in total. The first-order valence-electron chi connectivity index (χ1n) is 8.41. The van der Waals surface area contributed by atoms with Crippen LogP contribution in [0.15, 0.2) is 35.6 Å². The van der Waals surface area contributed by atoms with Crippen LogP contribution in [0.3, 0.4) is 0 Å². The van der Waals surface area contributed by atoms with E-state index in [2.05, 4.69) is 32.1 Å². The van der Waals surface area contributed by atoms with Gasteiger partial charge in [0.1, 0.15) is 5.82 Å². The zero-order valence-corrected chi connectivity index (χ0v) is 19.1. The molecule has 26 heavy (non-hydrogen) atoms. The summed E-state index contributed by atoms with van der Waals surface area (Å²) < 4.78 is 2.17. The van der Waals surface area contributed by atoms with Crippen molar-refractivity contribution in [3.8, 4) is 0 Å². The quantitative estimate of drug-likeness (QED) is 0.243. The summed E-state index contributed by atoms with van der Waals surface area (Å²) in [7, 11) is 1.77. The van der Waals surface area contributed by atoms with Crippen LogP contribution in [0.2, 0.25) is 10.0 Å². The number of benzene rings is 1. The molecule has 0 radical (unpaired) electrons. The summed E-state index contributed by atoms with van der Waals surface area (Å²) in [6.45, 7) is 5.93. The van der Waals surface area contributed by atoms with Crippen molar-refractivity contribution in [1.29, 1.82) is 0 Å². The van der Waals surface area contributed by atoms with Crippen molar-refractivity contribution in [2.24, 2.45) is 4.99 Å². The number of aryl methyl sites for hydroxylation is 2. The van der Waals surface area contributed by atoms with Gasteiger partial charge in [-0.3, -0.25) is 4.99 Å². The lowest BCUT2D eigenvalue weighted by Gasteiger charge is -2.18. The smallest absolute Gasteiger partial charge is 0.191 e. The van der Waals surface area contributed by atoms with Crippen LogP contribution in [0, 0.1) is 6.92 Å². The Morgan fingerprint density at radius 3 is 2.65 bits per heavy atom. The number of hydrogen-bond donors (Lipinski definition) is 2. The molecule has 1 unspecified atom stereocenters. The fraction of sp³-hybridized carbons (Fsp3) is 0.444. The van der Waals surface area contributed by atoms with Crippen LogP contribution in [0.25, 0.3) is 0 Å². The summed E-state index contributed by atoms with van der Waals surface area (Å²) in [6, 6.07) is 5.73. The van der Waals surface area contributed by atoms with Crippen molar-refractivity contribution in [3.05, 3.63) is 52.0 Å². The molecule has 2 rings (SSSR count). The Hall–Kier alpha value is -0.990. The second-order valence-electron chi connectivity index (χ2n) is 5.91. The topological polar surface area (TPSA) is 54.2 Å². The van der Waals surface area contributed by atoms with Gasteiger partial charge in [-0.15, -0.1) is 24.0 Å². The summed E-state index contributed by atoms with van der Waals surface area (Å²) in [6.07, 6.45) is 5.99. The van der Waals surface area contributed by atoms with E-state index in [0.29, 0.717) is 10.0 Å². The number of nitrogens with one attached hydrogen (secondary N) is 2. The summed E-state index contributed by atoms with van der Waals surface area (Å²) in [4.78, 5) is 8.51. The third-order valence-corrected chi connectivity index (χ3v) is 4.80. The van der Waals surface area contributed by atoms with E-state index in [4.69, 9.17) is 23.2 Å². The lowest BCUT2D eigenvalue weighted by atomic mass is 10.1. The zero-order chi connectivity index (χ0) is 18.2. The van der Waals surface area contributed by atoms with Crippen LogP contribution in [0.4, 0.5) is 0 Å². The highest BCUT2D eigenvalue weighted by Crippen LogP contribution is 2.25. The Labute approximate surface area is 182 Å². The molecule has 0 spiro atoms. The number of guanidine groups is 1. The molecule has 0 bridgehead atoms. The van der Waals surface area contributed by atoms with Crippen LogP contribution < -0.4 is 10.6 Å². The molecule has 0 aliphatic carbocycles. The van der Waals surface area contributed by atoms with Gasteiger partial charge >= 0.3 is 0 Å². The van der Waals surface area contributed by atoms with E-state index < -0.39 is 0 Å². The van der Waals surface area contributed by atoms with Crippen molar-refractivity contribution in [3.63, 3.8) is 0 Å². The highest BCUT2D eigenvalue weighted by molar-refractivity contribution is 14.0. The van der Waals surface area contributed by atoms with Gasteiger partial charge in [-0.1, -0.05) is 29.3 Å². The van der Waals surface area contributed by atoms with Crippen LogP contribution in [-0.2, 0) is 6.54 Å². The average Bonchev–Trinajstić information content (AvgIpc) is 3.00. The fourth-order valence-corrected chi connectivity index (χ4v) is 2.83. The molecular formula is C18H26Cl2IN5. The summed E-state index contributed by atoms with van der Waals surface area (Å²) in [5.74, 6) is 1.83. The largest absolute Gasteiger partial charge is 0.356 e. The molecule has 1 heterocycles. The number of halogens is 3. The molecule has 0 aliphatic heterocycles. The van der Waals surface area contributed by atoms with Crippen LogP contribution >= 0.6 is 47.2 Å². The Morgan fingerprint density at radius 1 is 1.27 bits per heavy atom. The van der Waals surface area contributed by atoms with Crippen molar-refractivity contribution >= 4 is 53.1 Å². The molecule has 1 atom stereocenters. The van der Waals surface area contributed by atoms with Crippen molar-refractivity contribution in [1.82, 2.24) is 20.2 Å². The van der Waals surface area contributed by atoms with Crippen molar-refractivity contribution in [2.75, 3.05) is 13.6 Å². The number of imidazole rings is 1. The fourth-order valence-electron chi connectivity index (χ4n) is 2.52. The number of unbranched alkanes of at least 4 members (excludes halogenated alkanes) is 1. The van der Waals surface area contributed by atoms with E-state index in [1.165, 1.54) is 0 Å². The standard InChI is InChI=1S/C18H25Cl2N5.HI/c1-13(15-6-7-16(19)17(20)12-15)24-18(21-3)23-8-4-5-10-25-11-9-22-14(25)2;/h6-7,9,11-13H,4-5,8,10H2,1-3H3,(H2,21,23,24);1H. The van der Waals surface area contributed by atoms with E-state index in [1.807, 2.05) is 37.5 Å². The number of aromatic nitrogens is 2. The normalized spacial score (nSPS) is 12.4. The maximum absolute atomic E-state index is 6.09. The lowest BCUT2D eigenvalue weighted by Crippen LogP contribution is -2.39. The van der Waals surface area contributed by atoms with E-state index in [-0.39, 0.29) is 30.0 Å². The predicted octanol–water partition coefficient (Wildman–Crippen LogP) is 4.82. The Kier molecular flexibility index (Phi) is 10.3. The van der Waals surface area contributed by atoms with Gasteiger partial charge < -0.3 is 15.2 Å². The Bertz CT molecular complexity index is 717. The van der Waals surface area contributed by atoms with Crippen LogP contribution in [0.5, 0.6) is 0 Å². The van der Waals surface area contributed by atoms with Gasteiger partial charge in [0.25, 0.3) is 0 Å². The van der Waals surface area contributed by atoms with Gasteiger partial charge in [0, 0.05) is 32.5 Å². The van der Waals surface area contributed by atoms with Crippen LogP contribution in [0.1, 0.15) is 37.2 Å². The Balaban J connectivity index is 0.00000338. The minimum atomic E-state index is 0. The van der Waals surface area contributed by atoms with Gasteiger partial charge in [-0.2, -0.15) is 0 Å². The number of rotatable bonds is 7. The van der Waals surface area contributed by atoms with E-state index in [9.17, 15) is 0 Å². The molecule has 0 aliphatic rings. The third kappa shape index (κ3) is 6.96. The molecule has 0 saturated carbocycles. The summed E-state index contributed by atoms with van der Waals surface area (Å²) in [5.41, 5.74) is 1.06. The maximum Gasteiger partial charge on any atom is 0.191 e. The van der Waals surface area contributed by atoms with E-state index in [0.717, 1.165) is 43.3 Å². The third-order valence-electron chi connectivity index (χ3n) is 4.06.